The summed E-state index contributed by atoms with van der Waals surface area (Å²) in [5.74, 6) is -3.80. The van der Waals surface area contributed by atoms with Gasteiger partial charge < -0.3 is 5.11 Å². The predicted octanol–water partition coefficient (Wildman–Crippen LogP) is 1.46. The van der Waals surface area contributed by atoms with Crippen LogP contribution in [-0.2, 0) is 13.5 Å². The highest BCUT2D eigenvalue weighted by molar-refractivity contribution is 4.97. The van der Waals surface area contributed by atoms with Gasteiger partial charge in [-0.2, -0.15) is 26.3 Å². The number of hydrogen-bond donors (Lipinski definition) is 1. The van der Waals surface area contributed by atoms with Crippen molar-refractivity contribution in [2.24, 2.45) is 13.0 Å². The van der Waals surface area contributed by atoms with Crippen LogP contribution < -0.4 is 0 Å². The lowest BCUT2D eigenvalue weighted by molar-refractivity contribution is -0.305. The molecule has 0 aromatic carbocycles. The SMILES string of the molecule is Cn1cc(CC(O)C(C(F)(F)F)C(F)(F)F)nn1. The molecule has 0 spiro atoms. The molecule has 0 saturated heterocycles. The van der Waals surface area contributed by atoms with E-state index >= 15 is 0 Å². The summed E-state index contributed by atoms with van der Waals surface area (Å²) in [4.78, 5) is 0. The quantitative estimate of drug-likeness (QED) is 0.851. The topological polar surface area (TPSA) is 50.9 Å². The number of nitrogens with zero attached hydrogens (tertiary/aromatic N) is 3. The Morgan fingerprint density at radius 2 is 1.72 bits per heavy atom. The van der Waals surface area contributed by atoms with Crippen molar-refractivity contribution >= 4 is 0 Å². The second-order valence-electron chi connectivity index (χ2n) is 3.72. The molecule has 104 valence electrons. The van der Waals surface area contributed by atoms with Gasteiger partial charge in [0.2, 0.25) is 0 Å². The lowest BCUT2D eigenvalue weighted by Crippen LogP contribution is -2.45. The van der Waals surface area contributed by atoms with E-state index in [1.54, 1.807) is 0 Å². The van der Waals surface area contributed by atoms with Crippen LogP contribution in [0.4, 0.5) is 26.3 Å². The van der Waals surface area contributed by atoms with Gasteiger partial charge in [-0.3, -0.25) is 4.68 Å². The van der Waals surface area contributed by atoms with Gasteiger partial charge in [-0.25, -0.2) is 0 Å². The number of aryl methyl sites for hydroxylation is 1. The van der Waals surface area contributed by atoms with Crippen molar-refractivity contribution in [3.05, 3.63) is 11.9 Å². The molecule has 10 heteroatoms. The summed E-state index contributed by atoms with van der Waals surface area (Å²) in [7, 11) is 1.40. The fraction of sp³-hybridized carbons (Fsp3) is 0.750. The zero-order valence-corrected chi connectivity index (χ0v) is 9.00. The first-order chi connectivity index (χ1) is 8.01. The first kappa shape index (κ1) is 14.7. The minimum absolute atomic E-state index is 0.150. The second kappa shape index (κ2) is 4.75. The fourth-order valence-electron chi connectivity index (χ4n) is 1.44. The van der Waals surface area contributed by atoms with Gasteiger partial charge in [0.25, 0.3) is 0 Å². The standard InChI is InChI=1S/C8H9F6N3O/c1-17-3-4(15-16-17)2-5(18)6(7(9,10)11)8(12,13)14/h3,5-6,18H,2H2,1H3. The van der Waals surface area contributed by atoms with Gasteiger partial charge in [0.05, 0.1) is 11.8 Å². The first-order valence-corrected chi connectivity index (χ1v) is 4.68. The molecule has 1 N–H and O–H groups in total. The smallest absolute Gasteiger partial charge is 0.392 e. The Bertz CT molecular complexity index is 384. The third-order valence-electron chi connectivity index (χ3n) is 2.16. The van der Waals surface area contributed by atoms with E-state index < -0.39 is 30.8 Å². The minimum atomic E-state index is -5.57. The molecule has 1 aromatic rings. The van der Waals surface area contributed by atoms with E-state index in [1.165, 1.54) is 7.05 Å². The lowest BCUT2D eigenvalue weighted by Gasteiger charge is -2.26. The first-order valence-electron chi connectivity index (χ1n) is 4.68. The summed E-state index contributed by atoms with van der Waals surface area (Å²) in [5, 5.41) is 15.8. The van der Waals surface area contributed by atoms with Crippen LogP contribution in [0.3, 0.4) is 0 Å². The van der Waals surface area contributed by atoms with Crippen molar-refractivity contribution in [1.82, 2.24) is 15.0 Å². The zero-order valence-electron chi connectivity index (χ0n) is 9.00. The Morgan fingerprint density at radius 1 is 1.22 bits per heavy atom. The molecule has 0 saturated carbocycles. The molecular weight excluding hydrogens is 268 g/mol. The largest absolute Gasteiger partial charge is 0.403 e. The Labute approximate surface area is 97.2 Å². The normalized spacial score (nSPS) is 15.2. The van der Waals surface area contributed by atoms with Gasteiger partial charge in [0, 0.05) is 19.7 Å². The Hall–Kier alpha value is -1.32. The molecule has 0 radical (unpaired) electrons. The molecule has 0 bridgehead atoms. The molecular formula is C8H9F6N3O. The number of aromatic nitrogens is 3. The average molecular weight is 277 g/mol. The number of aliphatic hydroxyl groups excluding tert-OH is 1. The molecule has 0 aliphatic heterocycles. The summed E-state index contributed by atoms with van der Waals surface area (Å²) in [6.45, 7) is 0. The number of rotatable bonds is 3. The van der Waals surface area contributed by atoms with E-state index in [9.17, 15) is 26.3 Å². The van der Waals surface area contributed by atoms with Gasteiger partial charge in [-0.1, -0.05) is 5.21 Å². The highest BCUT2D eigenvalue weighted by Crippen LogP contribution is 2.41. The molecule has 0 aliphatic rings. The molecule has 1 atom stereocenters. The predicted molar refractivity (Wildman–Crippen MR) is 46.3 cm³/mol. The third kappa shape index (κ3) is 3.59. The summed E-state index contributed by atoms with van der Waals surface area (Å²) in [5.41, 5.74) is -0.150. The Kier molecular flexibility index (Phi) is 3.89. The molecule has 4 nitrogen and oxygen atoms in total. The molecule has 1 aromatic heterocycles. The van der Waals surface area contributed by atoms with Crippen LogP contribution in [0.15, 0.2) is 6.20 Å². The van der Waals surface area contributed by atoms with Crippen LogP contribution >= 0.6 is 0 Å². The summed E-state index contributed by atoms with van der Waals surface area (Å²) < 4.78 is 74.6. The maximum absolute atomic E-state index is 12.3. The maximum atomic E-state index is 12.3. The minimum Gasteiger partial charge on any atom is -0.392 e. The molecule has 0 fully saturated rings. The summed E-state index contributed by atoms with van der Waals surface area (Å²) in [6.07, 6.45) is -13.5. The molecule has 1 unspecified atom stereocenters. The second-order valence-corrected chi connectivity index (χ2v) is 3.72. The monoisotopic (exact) mass is 277 g/mol. The average Bonchev–Trinajstić information content (AvgIpc) is 2.44. The van der Waals surface area contributed by atoms with Crippen LogP contribution in [0.2, 0.25) is 0 Å². The van der Waals surface area contributed by atoms with Crippen molar-refractivity contribution < 1.29 is 31.4 Å². The molecule has 0 aliphatic carbocycles. The van der Waals surface area contributed by atoms with E-state index in [0.717, 1.165) is 10.9 Å². The highest BCUT2D eigenvalue weighted by atomic mass is 19.4. The van der Waals surface area contributed by atoms with Crippen LogP contribution in [0, 0.1) is 5.92 Å². The number of alkyl halides is 6. The van der Waals surface area contributed by atoms with Crippen molar-refractivity contribution in [3.63, 3.8) is 0 Å². The number of hydrogen-bond acceptors (Lipinski definition) is 3. The molecule has 18 heavy (non-hydrogen) atoms. The Balaban J connectivity index is 2.87. The van der Waals surface area contributed by atoms with Crippen molar-refractivity contribution in [3.8, 4) is 0 Å². The zero-order chi connectivity index (χ0) is 14.1. The van der Waals surface area contributed by atoms with Gasteiger partial charge in [-0.15, -0.1) is 5.10 Å². The van der Waals surface area contributed by atoms with Crippen LogP contribution in [0.1, 0.15) is 5.69 Å². The molecule has 1 heterocycles. The van der Waals surface area contributed by atoms with E-state index in [0.29, 0.717) is 0 Å². The fourth-order valence-corrected chi connectivity index (χ4v) is 1.44. The molecule has 1 rings (SSSR count). The number of halogens is 6. The lowest BCUT2D eigenvalue weighted by atomic mass is 9.97. The summed E-state index contributed by atoms with van der Waals surface area (Å²) in [6, 6.07) is 0. The van der Waals surface area contributed by atoms with E-state index in [1.807, 2.05) is 0 Å². The van der Waals surface area contributed by atoms with Gasteiger partial charge >= 0.3 is 12.4 Å². The van der Waals surface area contributed by atoms with Crippen LogP contribution in [0.25, 0.3) is 0 Å². The van der Waals surface area contributed by atoms with E-state index in [-0.39, 0.29) is 5.69 Å². The van der Waals surface area contributed by atoms with Crippen molar-refractivity contribution in [2.45, 2.75) is 24.9 Å². The third-order valence-corrected chi connectivity index (χ3v) is 2.16. The van der Waals surface area contributed by atoms with Crippen molar-refractivity contribution in [1.29, 1.82) is 0 Å². The van der Waals surface area contributed by atoms with Crippen LogP contribution in [0.5, 0.6) is 0 Å². The Morgan fingerprint density at radius 3 is 2.06 bits per heavy atom. The van der Waals surface area contributed by atoms with E-state index in [4.69, 9.17) is 5.11 Å². The van der Waals surface area contributed by atoms with Gasteiger partial charge in [-0.05, 0) is 0 Å². The molecule has 0 amide bonds. The maximum Gasteiger partial charge on any atom is 0.403 e. The highest BCUT2D eigenvalue weighted by Gasteiger charge is 2.60. The van der Waals surface area contributed by atoms with E-state index in [2.05, 4.69) is 10.3 Å². The van der Waals surface area contributed by atoms with Gasteiger partial charge in [0.15, 0.2) is 5.92 Å². The summed E-state index contributed by atoms with van der Waals surface area (Å²) >= 11 is 0. The number of aliphatic hydroxyl groups is 1. The van der Waals surface area contributed by atoms with Gasteiger partial charge in [0.1, 0.15) is 0 Å². The van der Waals surface area contributed by atoms with Crippen LogP contribution in [-0.4, -0.2) is 38.6 Å². The van der Waals surface area contributed by atoms with Crippen molar-refractivity contribution in [2.75, 3.05) is 0 Å².